The van der Waals surface area contributed by atoms with E-state index in [1.807, 2.05) is 13.8 Å². The number of anilines is 1. The van der Waals surface area contributed by atoms with E-state index in [9.17, 15) is 21.6 Å². The molecular weight excluding hydrogens is 359 g/mol. The van der Waals surface area contributed by atoms with Gasteiger partial charge in [-0.3, -0.25) is 0 Å². The van der Waals surface area contributed by atoms with E-state index in [1.165, 1.54) is 18.2 Å². The lowest BCUT2D eigenvalue weighted by Gasteiger charge is -2.13. The highest BCUT2D eigenvalue weighted by Crippen LogP contribution is 2.34. The summed E-state index contributed by atoms with van der Waals surface area (Å²) >= 11 is 0. The Bertz CT molecular complexity index is 817. The molecule has 2 rings (SSSR count). The number of para-hydroxylation sites is 1. The van der Waals surface area contributed by atoms with E-state index >= 15 is 0 Å². The molecular formula is C15H18F3N3O3S. The predicted octanol–water partition coefficient (Wildman–Crippen LogP) is 3.53. The molecule has 138 valence electrons. The maximum absolute atomic E-state index is 12.7. The summed E-state index contributed by atoms with van der Waals surface area (Å²) in [4.78, 5) is 3.40. The molecule has 0 radical (unpaired) electrons. The second-order valence-corrected chi connectivity index (χ2v) is 7.59. The van der Waals surface area contributed by atoms with Crippen molar-refractivity contribution in [3.63, 3.8) is 0 Å². The zero-order chi connectivity index (χ0) is 18.7. The smallest absolute Gasteiger partial charge is 0.384 e. The van der Waals surface area contributed by atoms with Crippen LogP contribution in [0.25, 0.3) is 0 Å². The molecule has 0 aliphatic rings. The number of nitrogens with one attached hydrogen (secondary N) is 1. The monoisotopic (exact) mass is 377 g/mol. The quantitative estimate of drug-likeness (QED) is 0.743. The molecule has 0 unspecified atom stereocenters. The SMILES string of the molecule is CC(C)c1noc(CCCNc2ccccc2S(=O)(=O)C(F)(F)F)n1. The van der Waals surface area contributed by atoms with Gasteiger partial charge in [0.1, 0.15) is 0 Å². The van der Waals surface area contributed by atoms with Crippen molar-refractivity contribution < 1.29 is 26.1 Å². The number of benzene rings is 1. The Hall–Kier alpha value is -2.10. The number of rotatable bonds is 7. The molecule has 0 amide bonds. The fourth-order valence-corrected chi connectivity index (χ4v) is 2.98. The topological polar surface area (TPSA) is 85.1 Å². The van der Waals surface area contributed by atoms with Crippen molar-refractivity contribution in [1.82, 2.24) is 10.1 Å². The van der Waals surface area contributed by atoms with Crippen molar-refractivity contribution in [2.45, 2.75) is 43.0 Å². The average molecular weight is 377 g/mol. The van der Waals surface area contributed by atoms with Crippen LogP contribution in [0.5, 0.6) is 0 Å². The van der Waals surface area contributed by atoms with E-state index in [4.69, 9.17) is 4.52 Å². The molecule has 0 spiro atoms. The van der Waals surface area contributed by atoms with Crippen LogP contribution in [0.1, 0.15) is 37.9 Å². The average Bonchev–Trinajstić information content (AvgIpc) is 3.00. The van der Waals surface area contributed by atoms with Crippen LogP contribution >= 0.6 is 0 Å². The summed E-state index contributed by atoms with van der Waals surface area (Å²) in [6.07, 6.45) is 0.918. The van der Waals surface area contributed by atoms with Crippen molar-refractivity contribution >= 4 is 15.5 Å². The Kier molecular flexibility index (Phi) is 5.71. The predicted molar refractivity (Wildman–Crippen MR) is 84.9 cm³/mol. The molecule has 6 nitrogen and oxygen atoms in total. The zero-order valence-electron chi connectivity index (χ0n) is 13.7. The maximum Gasteiger partial charge on any atom is 0.501 e. The van der Waals surface area contributed by atoms with Gasteiger partial charge in [-0.15, -0.1) is 0 Å². The van der Waals surface area contributed by atoms with E-state index in [1.54, 1.807) is 0 Å². The highest BCUT2D eigenvalue weighted by Gasteiger charge is 2.47. The minimum absolute atomic E-state index is 0.0896. The summed E-state index contributed by atoms with van der Waals surface area (Å²) in [6, 6.07) is 4.93. The number of nitrogens with zero attached hydrogens (tertiary/aromatic N) is 2. The third-order valence-electron chi connectivity index (χ3n) is 3.36. The van der Waals surface area contributed by atoms with Gasteiger partial charge >= 0.3 is 5.51 Å². The van der Waals surface area contributed by atoms with E-state index in [2.05, 4.69) is 15.5 Å². The highest BCUT2D eigenvalue weighted by molar-refractivity contribution is 7.92. The van der Waals surface area contributed by atoms with Gasteiger partial charge in [-0.25, -0.2) is 8.42 Å². The van der Waals surface area contributed by atoms with E-state index < -0.39 is 20.2 Å². The van der Waals surface area contributed by atoms with Crippen LogP contribution in [0.2, 0.25) is 0 Å². The Morgan fingerprint density at radius 2 is 1.92 bits per heavy atom. The second-order valence-electron chi connectivity index (χ2n) is 5.68. The van der Waals surface area contributed by atoms with Gasteiger partial charge in [0.05, 0.1) is 10.6 Å². The van der Waals surface area contributed by atoms with Crippen molar-refractivity contribution in [2.75, 3.05) is 11.9 Å². The number of aryl methyl sites for hydroxylation is 1. The van der Waals surface area contributed by atoms with Crippen molar-refractivity contribution in [3.8, 4) is 0 Å². The summed E-state index contributed by atoms with van der Waals surface area (Å²) in [5.41, 5.74) is -5.44. The standard InChI is InChI=1S/C15H18F3N3O3S/c1-10(2)14-20-13(24-21-14)8-5-9-19-11-6-3-4-7-12(11)25(22,23)15(16,17)18/h3-4,6-7,10,19H,5,8-9H2,1-2H3. The molecule has 0 saturated carbocycles. The molecule has 0 saturated heterocycles. The van der Waals surface area contributed by atoms with Gasteiger partial charge in [0.25, 0.3) is 9.84 Å². The second kappa shape index (κ2) is 7.42. The van der Waals surface area contributed by atoms with Crippen LogP contribution < -0.4 is 5.32 Å². The zero-order valence-corrected chi connectivity index (χ0v) is 14.5. The van der Waals surface area contributed by atoms with Crippen LogP contribution in [-0.4, -0.2) is 30.6 Å². The first-order valence-electron chi connectivity index (χ1n) is 7.59. The Morgan fingerprint density at radius 3 is 2.52 bits per heavy atom. The lowest BCUT2D eigenvalue weighted by atomic mass is 10.2. The van der Waals surface area contributed by atoms with Gasteiger partial charge in [-0.05, 0) is 18.6 Å². The molecule has 1 N–H and O–H groups in total. The number of hydrogen-bond donors (Lipinski definition) is 1. The van der Waals surface area contributed by atoms with Crippen molar-refractivity contribution in [2.24, 2.45) is 0 Å². The molecule has 0 fully saturated rings. The molecule has 1 aromatic heterocycles. The number of hydrogen-bond acceptors (Lipinski definition) is 6. The molecule has 1 heterocycles. The Balaban J connectivity index is 2.00. The lowest BCUT2D eigenvalue weighted by Crippen LogP contribution is -2.24. The van der Waals surface area contributed by atoms with Crippen LogP contribution in [0.3, 0.4) is 0 Å². The van der Waals surface area contributed by atoms with Gasteiger partial charge in [-0.2, -0.15) is 18.2 Å². The largest absolute Gasteiger partial charge is 0.501 e. The number of aromatic nitrogens is 2. The third-order valence-corrected chi connectivity index (χ3v) is 4.91. The van der Waals surface area contributed by atoms with E-state index in [0.717, 1.165) is 6.07 Å². The maximum atomic E-state index is 12.7. The normalized spacial score (nSPS) is 12.6. The molecule has 25 heavy (non-hydrogen) atoms. The molecule has 0 bridgehead atoms. The molecule has 2 aromatic rings. The van der Waals surface area contributed by atoms with Gasteiger partial charge in [0.15, 0.2) is 5.82 Å². The van der Waals surface area contributed by atoms with Crippen molar-refractivity contribution in [3.05, 3.63) is 36.0 Å². The molecule has 0 aliphatic heterocycles. The number of alkyl halides is 3. The third kappa shape index (κ3) is 4.50. The molecule has 0 aliphatic carbocycles. The molecule has 1 aromatic carbocycles. The summed E-state index contributed by atoms with van der Waals surface area (Å²) in [5, 5.41) is 6.54. The van der Waals surface area contributed by atoms with Crippen LogP contribution in [0, 0.1) is 0 Å². The fourth-order valence-electron chi connectivity index (χ4n) is 2.04. The Morgan fingerprint density at radius 1 is 1.24 bits per heavy atom. The van der Waals surface area contributed by atoms with Gasteiger partial charge in [0.2, 0.25) is 5.89 Å². The number of sulfone groups is 1. The summed E-state index contributed by atoms with van der Waals surface area (Å²) < 4.78 is 66.5. The van der Waals surface area contributed by atoms with Crippen molar-refractivity contribution in [1.29, 1.82) is 0 Å². The fraction of sp³-hybridized carbons (Fsp3) is 0.467. The molecule has 0 atom stereocenters. The van der Waals surface area contributed by atoms with Gasteiger partial charge in [-0.1, -0.05) is 31.1 Å². The Labute approximate surface area is 143 Å². The first-order valence-corrected chi connectivity index (χ1v) is 9.08. The van der Waals surface area contributed by atoms with Gasteiger partial charge in [0, 0.05) is 18.9 Å². The van der Waals surface area contributed by atoms with E-state index in [-0.39, 0.29) is 18.2 Å². The van der Waals surface area contributed by atoms with Crippen LogP contribution in [-0.2, 0) is 16.3 Å². The lowest BCUT2D eigenvalue weighted by molar-refractivity contribution is -0.0435. The summed E-state index contributed by atoms with van der Waals surface area (Å²) in [5.74, 6) is 1.15. The first-order chi connectivity index (χ1) is 11.6. The summed E-state index contributed by atoms with van der Waals surface area (Å²) in [6.45, 7) is 4.10. The van der Waals surface area contributed by atoms with Gasteiger partial charge < -0.3 is 9.84 Å². The molecule has 10 heteroatoms. The summed E-state index contributed by atoms with van der Waals surface area (Å²) in [7, 11) is -5.41. The van der Waals surface area contributed by atoms with E-state index in [0.29, 0.717) is 24.6 Å². The minimum atomic E-state index is -5.41. The van der Waals surface area contributed by atoms with Crippen LogP contribution in [0.4, 0.5) is 18.9 Å². The first kappa shape index (κ1) is 19.2. The highest BCUT2D eigenvalue weighted by atomic mass is 32.2. The number of halogens is 3. The van der Waals surface area contributed by atoms with Crippen LogP contribution in [0.15, 0.2) is 33.7 Å². The minimum Gasteiger partial charge on any atom is -0.384 e.